The van der Waals surface area contributed by atoms with E-state index in [0.29, 0.717) is 12.2 Å². The van der Waals surface area contributed by atoms with Crippen LogP contribution in [0, 0.1) is 0 Å². The summed E-state index contributed by atoms with van der Waals surface area (Å²) in [4.78, 5) is 18.8. The Labute approximate surface area is 134 Å². The quantitative estimate of drug-likeness (QED) is 0.751. The number of hydrogen-bond acceptors (Lipinski definition) is 3. The first-order chi connectivity index (χ1) is 10.8. The van der Waals surface area contributed by atoms with Gasteiger partial charge in [0.25, 0.3) is 5.91 Å². The van der Waals surface area contributed by atoms with E-state index in [9.17, 15) is 4.79 Å². The summed E-state index contributed by atoms with van der Waals surface area (Å²) in [5.41, 5.74) is 1.75. The average Bonchev–Trinajstić information content (AvgIpc) is 2.56. The molecule has 4 heteroatoms. The first-order valence-corrected chi connectivity index (χ1v) is 8.75. The second-order valence-corrected chi connectivity index (χ2v) is 6.17. The van der Waals surface area contributed by atoms with Crippen molar-refractivity contribution in [2.75, 3.05) is 26.2 Å². The number of rotatable bonds is 8. The molecule has 0 unspecified atom stereocenters. The van der Waals surface area contributed by atoms with Gasteiger partial charge in [-0.1, -0.05) is 32.3 Å². The number of carbonyl (C=O) groups is 1. The van der Waals surface area contributed by atoms with Crippen LogP contribution in [0.2, 0.25) is 0 Å². The maximum absolute atomic E-state index is 12.1. The topological polar surface area (TPSA) is 45.2 Å². The van der Waals surface area contributed by atoms with E-state index >= 15 is 0 Å². The molecule has 4 nitrogen and oxygen atoms in total. The van der Waals surface area contributed by atoms with Crippen molar-refractivity contribution in [3.05, 3.63) is 29.6 Å². The third-order valence-corrected chi connectivity index (χ3v) is 4.29. The highest BCUT2D eigenvalue weighted by Gasteiger charge is 2.11. The van der Waals surface area contributed by atoms with Crippen molar-refractivity contribution >= 4 is 5.91 Å². The minimum Gasteiger partial charge on any atom is -0.349 e. The zero-order valence-corrected chi connectivity index (χ0v) is 13.8. The monoisotopic (exact) mass is 303 g/mol. The second kappa shape index (κ2) is 9.57. The molecule has 1 aliphatic heterocycles. The molecule has 2 rings (SSSR count). The fourth-order valence-corrected chi connectivity index (χ4v) is 2.89. The molecule has 1 aromatic rings. The predicted octanol–water partition coefficient (Wildman–Crippen LogP) is 3.03. The lowest BCUT2D eigenvalue weighted by Crippen LogP contribution is -2.37. The number of aryl methyl sites for hydroxylation is 1. The number of nitrogens with zero attached hydrogens (tertiary/aromatic N) is 2. The summed E-state index contributed by atoms with van der Waals surface area (Å²) in [7, 11) is 0. The molecule has 1 aliphatic rings. The number of hydrogen-bond donors (Lipinski definition) is 1. The van der Waals surface area contributed by atoms with Crippen molar-refractivity contribution in [1.29, 1.82) is 0 Å². The van der Waals surface area contributed by atoms with E-state index in [1.807, 2.05) is 18.3 Å². The van der Waals surface area contributed by atoms with Gasteiger partial charge >= 0.3 is 0 Å². The van der Waals surface area contributed by atoms with Crippen molar-refractivity contribution in [3.8, 4) is 0 Å². The number of amides is 1. The highest BCUT2D eigenvalue weighted by molar-refractivity contribution is 5.92. The molecule has 1 amide bonds. The molecule has 1 fully saturated rings. The van der Waals surface area contributed by atoms with Gasteiger partial charge in [0.2, 0.25) is 0 Å². The molecule has 122 valence electrons. The van der Waals surface area contributed by atoms with Gasteiger partial charge in [0.1, 0.15) is 5.69 Å². The number of carbonyl (C=O) groups excluding carboxylic acids is 1. The van der Waals surface area contributed by atoms with E-state index in [1.165, 1.54) is 57.2 Å². The molecule has 0 radical (unpaired) electrons. The van der Waals surface area contributed by atoms with E-state index in [1.54, 1.807) is 0 Å². The van der Waals surface area contributed by atoms with Crippen LogP contribution in [-0.4, -0.2) is 42.0 Å². The lowest BCUT2D eigenvalue weighted by molar-refractivity contribution is 0.0941. The highest BCUT2D eigenvalue weighted by Crippen LogP contribution is 2.08. The van der Waals surface area contributed by atoms with Crippen molar-refractivity contribution in [2.24, 2.45) is 0 Å². The normalized spacial score (nSPS) is 15.7. The number of unbranched alkanes of at least 4 members (excludes halogenated alkanes) is 2. The molecule has 0 spiro atoms. The Morgan fingerprint density at radius 1 is 1.23 bits per heavy atom. The molecule has 22 heavy (non-hydrogen) atoms. The van der Waals surface area contributed by atoms with Crippen molar-refractivity contribution in [2.45, 2.75) is 51.9 Å². The molecular formula is C18H29N3O. The number of pyridine rings is 1. The molecule has 0 aliphatic carbocycles. The Morgan fingerprint density at radius 3 is 2.73 bits per heavy atom. The van der Waals surface area contributed by atoms with Crippen LogP contribution < -0.4 is 5.32 Å². The van der Waals surface area contributed by atoms with Gasteiger partial charge in [0.15, 0.2) is 0 Å². The third-order valence-electron chi connectivity index (χ3n) is 4.29. The Hall–Kier alpha value is -1.42. The molecule has 0 bridgehead atoms. The van der Waals surface area contributed by atoms with E-state index in [4.69, 9.17) is 0 Å². The summed E-state index contributed by atoms with van der Waals surface area (Å²) in [5.74, 6) is -0.0582. The zero-order chi connectivity index (χ0) is 15.6. The minimum absolute atomic E-state index is 0.0582. The second-order valence-electron chi connectivity index (χ2n) is 6.17. The van der Waals surface area contributed by atoms with Gasteiger partial charge < -0.3 is 10.2 Å². The summed E-state index contributed by atoms with van der Waals surface area (Å²) in [6.07, 6.45) is 10.5. The fourth-order valence-electron chi connectivity index (χ4n) is 2.89. The molecule has 0 saturated carbocycles. The Balaban J connectivity index is 1.70. The SMILES string of the molecule is CCCCCc1ccc(C(=O)NCCN2CCCCC2)nc1. The number of aromatic nitrogens is 1. The standard InChI is InChI=1S/C18H29N3O/c1-2-3-5-8-16-9-10-17(20-15-16)18(22)19-11-14-21-12-6-4-7-13-21/h9-10,15H,2-8,11-14H2,1H3,(H,19,22). The largest absolute Gasteiger partial charge is 0.349 e. The van der Waals surface area contributed by atoms with Gasteiger partial charge in [-0.25, -0.2) is 0 Å². The van der Waals surface area contributed by atoms with Crippen LogP contribution in [0.4, 0.5) is 0 Å². The summed E-state index contributed by atoms with van der Waals surface area (Å²) in [5, 5.41) is 2.97. The molecule has 0 atom stereocenters. The van der Waals surface area contributed by atoms with Crippen LogP contribution in [0.3, 0.4) is 0 Å². The first kappa shape index (κ1) is 16.9. The summed E-state index contributed by atoms with van der Waals surface area (Å²) >= 11 is 0. The summed E-state index contributed by atoms with van der Waals surface area (Å²) < 4.78 is 0. The van der Waals surface area contributed by atoms with E-state index in [2.05, 4.69) is 22.1 Å². The molecule has 1 N–H and O–H groups in total. The van der Waals surface area contributed by atoms with Crippen molar-refractivity contribution in [1.82, 2.24) is 15.2 Å². The maximum Gasteiger partial charge on any atom is 0.269 e. The van der Waals surface area contributed by atoms with Gasteiger partial charge in [-0.2, -0.15) is 0 Å². The smallest absolute Gasteiger partial charge is 0.269 e. The van der Waals surface area contributed by atoms with Gasteiger partial charge in [-0.3, -0.25) is 9.78 Å². The molecule has 1 aromatic heterocycles. The van der Waals surface area contributed by atoms with Crippen molar-refractivity contribution in [3.63, 3.8) is 0 Å². The molecule has 2 heterocycles. The van der Waals surface area contributed by atoms with Gasteiger partial charge in [-0.05, 0) is 50.4 Å². The van der Waals surface area contributed by atoms with Crippen LogP contribution in [0.5, 0.6) is 0 Å². The fraction of sp³-hybridized carbons (Fsp3) is 0.667. The number of likely N-dealkylation sites (tertiary alicyclic amines) is 1. The predicted molar refractivity (Wildman–Crippen MR) is 90.1 cm³/mol. The third kappa shape index (κ3) is 5.76. The molecule has 0 aromatic carbocycles. The van der Waals surface area contributed by atoms with Crippen LogP contribution in [0.15, 0.2) is 18.3 Å². The zero-order valence-electron chi connectivity index (χ0n) is 13.8. The highest BCUT2D eigenvalue weighted by atomic mass is 16.1. The van der Waals surface area contributed by atoms with Gasteiger partial charge in [0, 0.05) is 19.3 Å². The van der Waals surface area contributed by atoms with Crippen LogP contribution >= 0.6 is 0 Å². The lowest BCUT2D eigenvalue weighted by atomic mass is 10.1. The Bertz CT molecular complexity index is 438. The lowest BCUT2D eigenvalue weighted by Gasteiger charge is -2.26. The van der Waals surface area contributed by atoms with Crippen LogP contribution in [0.25, 0.3) is 0 Å². The molecular weight excluding hydrogens is 274 g/mol. The van der Waals surface area contributed by atoms with Crippen molar-refractivity contribution < 1.29 is 4.79 Å². The van der Waals surface area contributed by atoms with E-state index in [0.717, 1.165) is 13.0 Å². The van der Waals surface area contributed by atoms with Gasteiger partial charge in [0.05, 0.1) is 0 Å². The summed E-state index contributed by atoms with van der Waals surface area (Å²) in [6.45, 7) is 6.19. The Kier molecular flexibility index (Phi) is 7.37. The van der Waals surface area contributed by atoms with Crippen LogP contribution in [-0.2, 0) is 6.42 Å². The minimum atomic E-state index is -0.0582. The first-order valence-electron chi connectivity index (χ1n) is 8.75. The number of nitrogens with one attached hydrogen (secondary N) is 1. The maximum atomic E-state index is 12.1. The van der Waals surface area contributed by atoms with E-state index < -0.39 is 0 Å². The average molecular weight is 303 g/mol. The number of piperidine rings is 1. The van der Waals surface area contributed by atoms with Crippen LogP contribution in [0.1, 0.15) is 61.5 Å². The van der Waals surface area contributed by atoms with Gasteiger partial charge in [-0.15, -0.1) is 0 Å². The Morgan fingerprint density at radius 2 is 2.05 bits per heavy atom. The summed E-state index contributed by atoms with van der Waals surface area (Å²) in [6, 6.07) is 3.87. The van der Waals surface area contributed by atoms with E-state index in [-0.39, 0.29) is 5.91 Å². The molecule has 1 saturated heterocycles.